The summed E-state index contributed by atoms with van der Waals surface area (Å²) >= 11 is 1.94. The smallest absolute Gasteiger partial charge is 0.0954 e. The quantitative estimate of drug-likeness (QED) is 0.199. The van der Waals surface area contributed by atoms with Crippen molar-refractivity contribution in [2.45, 2.75) is 23.5 Å². The van der Waals surface area contributed by atoms with E-state index in [9.17, 15) is 0 Å². The molecular weight excluding hydrogens is 404 g/mol. The summed E-state index contributed by atoms with van der Waals surface area (Å²) < 4.78 is -0.368. The van der Waals surface area contributed by atoms with Gasteiger partial charge in [-0.25, -0.2) is 0 Å². The lowest BCUT2D eigenvalue weighted by Crippen LogP contribution is -2.25. The molecule has 5 aromatic rings. The normalized spacial score (nSPS) is 11.6. The number of fused-ring (bicyclic) bond motifs is 1. The first-order valence-corrected chi connectivity index (χ1v) is 11.8. The minimum Gasteiger partial charge on any atom is -0.104 e. The first-order chi connectivity index (χ1) is 15.7. The van der Waals surface area contributed by atoms with Crippen LogP contribution in [0.2, 0.25) is 0 Å². The van der Waals surface area contributed by atoms with E-state index >= 15 is 0 Å². The molecule has 0 aliphatic heterocycles. The fourth-order valence-corrected chi connectivity index (χ4v) is 5.91. The number of benzene rings is 5. The highest BCUT2D eigenvalue weighted by atomic mass is 32.2. The van der Waals surface area contributed by atoms with Gasteiger partial charge in [-0.15, -0.1) is 11.8 Å². The van der Waals surface area contributed by atoms with Crippen LogP contribution in [-0.4, -0.2) is 0 Å². The molecule has 5 aromatic carbocycles. The molecule has 0 saturated heterocycles. The zero-order valence-corrected chi connectivity index (χ0v) is 19.3. The molecule has 0 atom stereocenters. The second-order valence-corrected chi connectivity index (χ2v) is 9.61. The van der Waals surface area contributed by atoms with Crippen molar-refractivity contribution in [3.05, 3.63) is 149 Å². The highest BCUT2D eigenvalue weighted by molar-refractivity contribution is 8.00. The molecule has 0 saturated carbocycles. The summed E-state index contributed by atoms with van der Waals surface area (Å²) in [6, 6.07) is 44.3. The van der Waals surface area contributed by atoms with Gasteiger partial charge in [0.15, 0.2) is 0 Å². The first kappa shape index (κ1) is 20.6. The molecular formula is C31H26S. The van der Waals surface area contributed by atoms with Crippen LogP contribution in [0.1, 0.15) is 27.8 Å². The van der Waals surface area contributed by atoms with Crippen molar-refractivity contribution in [3.63, 3.8) is 0 Å². The minimum atomic E-state index is -0.368. The van der Waals surface area contributed by atoms with Gasteiger partial charge in [0.25, 0.3) is 0 Å². The van der Waals surface area contributed by atoms with Crippen LogP contribution in [0.4, 0.5) is 0 Å². The summed E-state index contributed by atoms with van der Waals surface area (Å²) in [7, 11) is 0. The van der Waals surface area contributed by atoms with Crippen LogP contribution in [0.15, 0.2) is 126 Å². The number of hydrogen-bond donors (Lipinski definition) is 0. The minimum absolute atomic E-state index is 0.368. The maximum atomic E-state index is 2.29. The van der Waals surface area contributed by atoms with Gasteiger partial charge in [0.1, 0.15) is 0 Å². The number of hydrogen-bond acceptors (Lipinski definition) is 1. The van der Waals surface area contributed by atoms with E-state index in [4.69, 9.17) is 0 Å². The average Bonchev–Trinajstić information content (AvgIpc) is 2.84. The molecule has 5 rings (SSSR count). The van der Waals surface area contributed by atoms with Crippen LogP contribution < -0.4 is 0 Å². The molecule has 0 radical (unpaired) electrons. The van der Waals surface area contributed by atoms with Gasteiger partial charge in [0.05, 0.1) is 4.75 Å². The zero-order chi connectivity index (χ0) is 22.0. The van der Waals surface area contributed by atoms with E-state index in [0.29, 0.717) is 0 Å². The van der Waals surface area contributed by atoms with Gasteiger partial charge in [-0.1, -0.05) is 126 Å². The van der Waals surface area contributed by atoms with Gasteiger partial charge < -0.3 is 0 Å². The van der Waals surface area contributed by atoms with Crippen LogP contribution >= 0.6 is 11.8 Å². The summed E-state index contributed by atoms with van der Waals surface area (Å²) in [5.74, 6) is 0. The molecule has 156 valence electrons. The second-order valence-electron chi connectivity index (χ2n) is 8.36. The molecule has 0 spiro atoms. The van der Waals surface area contributed by atoms with Gasteiger partial charge in [0.2, 0.25) is 0 Å². The van der Waals surface area contributed by atoms with Crippen molar-refractivity contribution >= 4 is 22.5 Å². The van der Waals surface area contributed by atoms with Crippen molar-refractivity contribution in [1.29, 1.82) is 0 Å². The van der Waals surface area contributed by atoms with Crippen molar-refractivity contribution in [3.8, 4) is 0 Å². The molecule has 0 N–H and O–H groups in total. The number of thioether (sulfide) groups is 1. The Kier molecular flexibility index (Phi) is 5.59. The molecule has 0 heterocycles. The van der Waals surface area contributed by atoms with Crippen molar-refractivity contribution in [1.82, 2.24) is 0 Å². The molecule has 0 bridgehead atoms. The number of rotatable bonds is 5. The van der Waals surface area contributed by atoms with E-state index in [1.54, 1.807) is 0 Å². The van der Waals surface area contributed by atoms with E-state index in [0.717, 1.165) is 0 Å². The Morgan fingerprint density at radius 3 is 1.59 bits per heavy atom. The summed E-state index contributed by atoms with van der Waals surface area (Å²) in [5.41, 5.74) is 6.40. The Morgan fingerprint density at radius 2 is 0.969 bits per heavy atom. The molecule has 0 aromatic heterocycles. The van der Waals surface area contributed by atoms with E-state index in [1.807, 2.05) is 11.8 Å². The van der Waals surface area contributed by atoms with Gasteiger partial charge in [-0.05, 0) is 47.4 Å². The summed E-state index contributed by atoms with van der Waals surface area (Å²) in [4.78, 5) is 1.29. The largest absolute Gasteiger partial charge is 0.104 e. The van der Waals surface area contributed by atoms with E-state index in [2.05, 4.69) is 135 Å². The zero-order valence-electron chi connectivity index (χ0n) is 18.5. The van der Waals surface area contributed by atoms with Crippen LogP contribution in [0.25, 0.3) is 10.8 Å². The molecule has 1 heteroatoms. The third kappa shape index (κ3) is 3.74. The highest BCUT2D eigenvalue weighted by Crippen LogP contribution is 2.52. The molecule has 0 fully saturated rings. The Bertz CT molecular complexity index is 1280. The molecule has 0 nitrogen and oxygen atoms in total. The lowest BCUT2D eigenvalue weighted by molar-refractivity contribution is 0.893. The summed E-state index contributed by atoms with van der Waals surface area (Å²) in [6.07, 6.45) is 0. The fourth-order valence-electron chi connectivity index (χ4n) is 4.38. The monoisotopic (exact) mass is 430 g/mol. The Balaban J connectivity index is 1.82. The van der Waals surface area contributed by atoms with Crippen LogP contribution in [-0.2, 0) is 4.75 Å². The Labute approximate surface area is 195 Å². The maximum absolute atomic E-state index is 2.29. The third-order valence-electron chi connectivity index (χ3n) is 6.11. The van der Waals surface area contributed by atoms with Gasteiger partial charge in [-0.3, -0.25) is 0 Å². The Morgan fingerprint density at radius 1 is 0.469 bits per heavy atom. The van der Waals surface area contributed by atoms with Gasteiger partial charge in [-0.2, -0.15) is 0 Å². The van der Waals surface area contributed by atoms with Crippen molar-refractivity contribution in [2.24, 2.45) is 0 Å². The molecule has 32 heavy (non-hydrogen) atoms. The SMILES string of the molecule is Cc1ccc(C(Sc2cccc3ccccc23)(c2ccccc2)c2ccc(C)cc2)cc1. The molecule has 0 aliphatic carbocycles. The van der Waals surface area contributed by atoms with E-state index in [1.165, 1.54) is 43.5 Å². The Hall–Kier alpha value is -3.29. The maximum Gasteiger partial charge on any atom is 0.0954 e. The fraction of sp³-hybridized carbons (Fsp3) is 0.0968. The lowest BCUT2D eigenvalue weighted by Gasteiger charge is -2.36. The average molecular weight is 431 g/mol. The number of aryl methyl sites for hydroxylation is 2. The lowest BCUT2D eigenvalue weighted by atomic mass is 9.83. The first-order valence-electron chi connectivity index (χ1n) is 11.0. The molecule has 0 unspecified atom stereocenters. The van der Waals surface area contributed by atoms with Crippen molar-refractivity contribution < 1.29 is 0 Å². The summed E-state index contributed by atoms with van der Waals surface area (Å²) in [6.45, 7) is 4.30. The molecule has 0 aliphatic rings. The van der Waals surface area contributed by atoms with Gasteiger partial charge in [0, 0.05) is 4.90 Å². The van der Waals surface area contributed by atoms with E-state index in [-0.39, 0.29) is 4.75 Å². The van der Waals surface area contributed by atoms with Crippen LogP contribution in [0.5, 0.6) is 0 Å². The highest BCUT2D eigenvalue weighted by Gasteiger charge is 2.38. The predicted molar refractivity (Wildman–Crippen MR) is 138 cm³/mol. The van der Waals surface area contributed by atoms with Crippen molar-refractivity contribution in [2.75, 3.05) is 0 Å². The van der Waals surface area contributed by atoms with E-state index < -0.39 is 0 Å². The summed E-state index contributed by atoms with van der Waals surface area (Å²) in [5, 5.41) is 2.56. The standard InChI is InChI=1S/C31H26S/c1-23-15-19-27(20-16-23)31(26-11-4-3-5-12-26,28-21-17-24(2)18-22-28)32-30-14-8-10-25-9-6-7-13-29(25)30/h3-22H,1-2H3. The molecule has 0 amide bonds. The van der Waals surface area contributed by atoms with Gasteiger partial charge >= 0.3 is 0 Å². The predicted octanol–water partition coefficient (Wildman–Crippen LogP) is 8.54. The second kappa shape index (κ2) is 8.68. The van der Waals surface area contributed by atoms with Crippen LogP contribution in [0, 0.1) is 13.8 Å². The third-order valence-corrected chi connectivity index (χ3v) is 7.70. The topological polar surface area (TPSA) is 0 Å². The van der Waals surface area contributed by atoms with Crippen LogP contribution in [0.3, 0.4) is 0 Å².